The Morgan fingerprint density at radius 2 is 2.00 bits per heavy atom. The first kappa shape index (κ1) is 23.8. The predicted molar refractivity (Wildman–Crippen MR) is 123 cm³/mol. The summed E-state index contributed by atoms with van der Waals surface area (Å²) in [7, 11) is 1.66. The molecule has 1 aromatic heterocycles. The molecule has 1 amide bonds. The van der Waals surface area contributed by atoms with Gasteiger partial charge in [-0.05, 0) is 88.1 Å². The number of likely N-dealkylation sites (tertiary alicyclic amines) is 1. The van der Waals surface area contributed by atoms with Crippen molar-refractivity contribution >= 4 is 23.0 Å². The molecule has 3 rings (SSSR count). The normalized spacial score (nSPS) is 19.1. The quantitative estimate of drug-likeness (QED) is 0.655. The average Bonchev–Trinajstić information content (AvgIpc) is 2.72. The van der Waals surface area contributed by atoms with Gasteiger partial charge in [0.25, 0.3) is 0 Å². The van der Waals surface area contributed by atoms with Crippen LogP contribution in [0.2, 0.25) is 0 Å². The van der Waals surface area contributed by atoms with E-state index in [9.17, 15) is 14.7 Å². The van der Waals surface area contributed by atoms with Gasteiger partial charge in [-0.2, -0.15) is 0 Å². The number of hydrogen-bond acceptors (Lipinski definition) is 5. The zero-order valence-electron chi connectivity index (χ0n) is 19.5. The van der Waals surface area contributed by atoms with Gasteiger partial charge in [0, 0.05) is 24.7 Å². The number of carboxylic acid groups (broad SMARTS) is 1. The largest absolute Gasteiger partial charge is 0.497 e. The maximum atomic E-state index is 12.5. The van der Waals surface area contributed by atoms with Gasteiger partial charge in [-0.25, -0.2) is 4.79 Å². The molecule has 1 aliphatic heterocycles. The first-order chi connectivity index (χ1) is 15.2. The van der Waals surface area contributed by atoms with E-state index in [1.165, 1.54) is 5.56 Å². The van der Waals surface area contributed by atoms with Gasteiger partial charge < -0.3 is 19.5 Å². The SMILES string of the molecule is COc1ccc2nccc(CCC[C@@H]3CCN(C(=O)OC(C)(C)C)C[C@@H]3CC(=O)O)c2c1. The molecule has 32 heavy (non-hydrogen) atoms. The molecule has 0 bridgehead atoms. The number of fused-ring (bicyclic) bond motifs is 1. The molecule has 0 spiro atoms. The minimum atomic E-state index is -0.821. The number of rotatable bonds is 7. The minimum absolute atomic E-state index is 0.0666. The van der Waals surface area contributed by atoms with Crippen molar-refractivity contribution in [2.75, 3.05) is 20.2 Å². The van der Waals surface area contributed by atoms with Crippen molar-refractivity contribution in [2.45, 2.75) is 58.5 Å². The smallest absolute Gasteiger partial charge is 0.410 e. The first-order valence-electron chi connectivity index (χ1n) is 11.3. The zero-order valence-corrected chi connectivity index (χ0v) is 19.5. The lowest BCUT2D eigenvalue weighted by Gasteiger charge is -2.38. The van der Waals surface area contributed by atoms with Crippen LogP contribution in [0.3, 0.4) is 0 Å². The lowest BCUT2D eigenvalue weighted by Crippen LogP contribution is -2.46. The van der Waals surface area contributed by atoms with Gasteiger partial charge in [0.2, 0.25) is 0 Å². The lowest BCUT2D eigenvalue weighted by molar-refractivity contribution is -0.139. The third kappa shape index (κ3) is 6.34. The van der Waals surface area contributed by atoms with E-state index >= 15 is 0 Å². The summed E-state index contributed by atoms with van der Waals surface area (Å²) in [6.07, 6.45) is 5.09. The number of amides is 1. The van der Waals surface area contributed by atoms with Crippen molar-refractivity contribution in [3.05, 3.63) is 36.0 Å². The van der Waals surface area contributed by atoms with Crippen LogP contribution in [0.1, 0.15) is 52.0 Å². The summed E-state index contributed by atoms with van der Waals surface area (Å²) in [5, 5.41) is 10.5. The molecular weight excluding hydrogens is 408 g/mol. The monoisotopic (exact) mass is 442 g/mol. The first-order valence-corrected chi connectivity index (χ1v) is 11.3. The van der Waals surface area contributed by atoms with Gasteiger partial charge in [0.1, 0.15) is 11.4 Å². The number of carbonyl (C=O) groups excluding carboxylic acids is 1. The molecule has 0 saturated carbocycles. The number of ether oxygens (including phenoxy) is 2. The summed E-state index contributed by atoms with van der Waals surface area (Å²) in [6, 6.07) is 7.94. The van der Waals surface area contributed by atoms with Gasteiger partial charge in [0.15, 0.2) is 0 Å². The van der Waals surface area contributed by atoms with Crippen LogP contribution < -0.4 is 4.74 Å². The maximum absolute atomic E-state index is 12.5. The van der Waals surface area contributed by atoms with Crippen LogP contribution in [0.4, 0.5) is 4.79 Å². The number of aryl methyl sites for hydroxylation is 1. The van der Waals surface area contributed by atoms with E-state index in [4.69, 9.17) is 9.47 Å². The molecule has 2 atom stereocenters. The highest BCUT2D eigenvalue weighted by molar-refractivity contribution is 5.83. The Hall–Kier alpha value is -2.83. The van der Waals surface area contributed by atoms with Crippen LogP contribution in [-0.4, -0.2) is 52.9 Å². The van der Waals surface area contributed by atoms with E-state index in [0.717, 1.165) is 42.3 Å². The van der Waals surface area contributed by atoms with E-state index in [1.807, 2.05) is 51.2 Å². The predicted octanol–water partition coefficient (Wildman–Crippen LogP) is 4.91. The van der Waals surface area contributed by atoms with Crippen molar-refractivity contribution in [3.8, 4) is 5.75 Å². The second-order valence-corrected chi connectivity index (χ2v) is 9.58. The second-order valence-electron chi connectivity index (χ2n) is 9.58. The molecule has 2 heterocycles. The van der Waals surface area contributed by atoms with Crippen LogP contribution in [0.25, 0.3) is 10.9 Å². The molecule has 174 valence electrons. The highest BCUT2D eigenvalue weighted by atomic mass is 16.6. The summed E-state index contributed by atoms with van der Waals surface area (Å²) in [5.74, 6) is 0.191. The number of methoxy groups -OCH3 is 1. The summed E-state index contributed by atoms with van der Waals surface area (Å²) in [6.45, 7) is 6.55. The highest BCUT2D eigenvalue weighted by Gasteiger charge is 2.34. The second kappa shape index (κ2) is 10.2. The Bertz CT molecular complexity index is 953. The zero-order chi connectivity index (χ0) is 23.3. The fourth-order valence-corrected chi connectivity index (χ4v) is 4.49. The van der Waals surface area contributed by atoms with Crippen LogP contribution >= 0.6 is 0 Å². The molecule has 1 saturated heterocycles. The molecule has 7 heteroatoms. The molecule has 1 aromatic carbocycles. The average molecular weight is 443 g/mol. The van der Waals surface area contributed by atoms with E-state index in [2.05, 4.69) is 4.98 Å². The number of nitrogens with zero attached hydrogens (tertiary/aromatic N) is 2. The van der Waals surface area contributed by atoms with Crippen molar-refractivity contribution in [3.63, 3.8) is 0 Å². The number of carboxylic acids is 1. The lowest BCUT2D eigenvalue weighted by atomic mass is 9.80. The summed E-state index contributed by atoms with van der Waals surface area (Å²) in [5.41, 5.74) is 1.60. The standard InChI is InChI=1S/C25H34N2O5/c1-25(2,3)32-24(30)27-13-11-17(19(16-27)14-23(28)29)6-5-7-18-10-12-26-22-9-8-20(31-4)15-21(18)22/h8-10,12,15,17,19H,5-7,11,13-14,16H2,1-4H3,(H,28,29)/t17-,19+/m1/s1. The minimum Gasteiger partial charge on any atom is -0.497 e. The Morgan fingerprint density at radius 3 is 2.69 bits per heavy atom. The highest BCUT2D eigenvalue weighted by Crippen LogP contribution is 2.32. The van der Waals surface area contributed by atoms with E-state index in [-0.39, 0.29) is 24.3 Å². The Kier molecular flexibility index (Phi) is 7.59. The summed E-state index contributed by atoms with van der Waals surface area (Å²) in [4.78, 5) is 30.0. The van der Waals surface area contributed by atoms with Crippen molar-refractivity contribution in [2.24, 2.45) is 11.8 Å². The van der Waals surface area contributed by atoms with Gasteiger partial charge >= 0.3 is 12.1 Å². The molecule has 7 nitrogen and oxygen atoms in total. The molecule has 1 fully saturated rings. The molecule has 1 aliphatic rings. The number of carbonyl (C=O) groups is 2. The van der Waals surface area contributed by atoms with Gasteiger partial charge in [-0.3, -0.25) is 9.78 Å². The van der Waals surface area contributed by atoms with Crippen LogP contribution in [-0.2, 0) is 16.0 Å². The Labute approximate surface area is 189 Å². The number of aromatic nitrogens is 1. The number of piperidine rings is 1. The number of aliphatic carboxylic acids is 1. The third-order valence-corrected chi connectivity index (χ3v) is 6.04. The molecular formula is C25H34N2O5. The van der Waals surface area contributed by atoms with Gasteiger partial charge in [0.05, 0.1) is 19.0 Å². The van der Waals surface area contributed by atoms with Crippen molar-refractivity contribution in [1.29, 1.82) is 0 Å². The fourth-order valence-electron chi connectivity index (χ4n) is 4.49. The molecule has 0 aliphatic carbocycles. The Morgan fingerprint density at radius 1 is 1.22 bits per heavy atom. The summed E-state index contributed by atoms with van der Waals surface area (Å²) < 4.78 is 10.8. The van der Waals surface area contributed by atoms with Crippen LogP contribution in [0.5, 0.6) is 5.75 Å². The van der Waals surface area contributed by atoms with Crippen molar-refractivity contribution < 1.29 is 24.2 Å². The molecule has 0 radical (unpaired) electrons. The van der Waals surface area contributed by atoms with Crippen LogP contribution in [0.15, 0.2) is 30.5 Å². The van der Waals surface area contributed by atoms with Gasteiger partial charge in [-0.15, -0.1) is 0 Å². The third-order valence-electron chi connectivity index (χ3n) is 6.04. The van der Waals surface area contributed by atoms with Crippen LogP contribution in [0, 0.1) is 11.8 Å². The number of benzene rings is 1. The topological polar surface area (TPSA) is 89.0 Å². The maximum Gasteiger partial charge on any atom is 0.410 e. The summed E-state index contributed by atoms with van der Waals surface area (Å²) >= 11 is 0. The number of pyridine rings is 1. The van der Waals surface area contributed by atoms with Gasteiger partial charge in [-0.1, -0.05) is 0 Å². The number of hydrogen-bond donors (Lipinski definition) is 1. The van der Waals surface area contributed by atoms with E-state index in [0.29, 0.717) is 13.1 Å². The van der Waals surface area contributed by atoms with Crippen molar-refractivity contribution in [1.82, 2.24) is 9.88 Å². The molecule has 2 aromatic rings. The van der Waals surface area contributed by atoms with E-state index in [1.54, 1.807) is 12.0 Å². The fraction of sp³-hybridized carbons (Fsp3) is 0.560. The molecule has 1 N–H and O–H groups in total. The Balaban J connectivity index is 1.63. The molecule has 0 unspecified atom stereocenters. The van der Waals surface area contributed by atoms with E-state index < -0.39 is 11.6 Å².